The molecule has 2 aromatic rings. The molecule has 6 nitrogen and oxygen atoms in total. The van der Waals surface area contributed by atoms with Crippen LogP contribution in [0.2, 0.25) is 0 Å². The second-order valence-electron chi connectivity index (χ2n) is 7.08. The molecule has 0 aromatic heterocycles. The minimum Gasteiger partial charge on any atom is -0.368 e. The SMILES string of the molecule is CC(C)C[C@H](N)C(=O)Nc1cccc(N(CC(N)=O)Cc2ccccc2)c1. The van der Waals surface area contributed by atoms with Gasteiger partial charge < -0.3 is 21.7 Å². The Bertz CT molecular complexity index is 762. The normalized spacial score (nSPS) is 11.9. The second-order valence-corrected chi connectivity index (χ2v) is 7.08. The molecule has 0 bridgehead atoms. The van der Waals surface area contributed by atoms with Crippen LogP contribution >= 0.6 is 0 Å². The summed E-state index contributed by atoms with van der Waals surface area (Å²) in [4.78, 5) is 25.7. The molecule has 0 radical (unpaired) electrons. The molecule has 6 heteroatoms. The van der Waals surface area contributed by atoms with Crippen molar-refractivity contribution in [2.24, 2.45) is 17.4 Å². The van der Waals surface area contributed by atoms with Crippen molar-refractivity contribution in [3.8, 4) is 0 Å². The van der Waals surface area contributed by atoms with E-state index in [1.54, 1.807) is 6.07 Å². The van der Waals surface area contributed by atoms with Crippen molar-refractivity contribution < 1.29 is 9.59 Å². The van der Waals surface area contributed by atoms with Crippen molar-refractivity contribution in [2.75, 3.05) is 16.8 Å². The molecule has 0 fully saturated rings. The second kappa shape index (κ2) is 9.73. The van der Waals surface area contributed by atoms with Gasteiger partial charge in [-0.3, -0.25) is 9.59 Å². The zero-order chi connectivity index (χ0) is 19.8. The minimum absolute atomic E-state index is 0.0825. The summed E-state index contributed by atoms with van der Waals surface area (Å²) < 4.78 is 0. The predicted octanol–water partition coefficient (Wildman–Crippen LogP) is 2.49. The quantitative estimate of drug-likeness (QED) is 0.633. The van der Waals surface area contributed by atoms with Crippen LogP contribution in [0.15, 0.2) is 54.6 Å². The van der Waals surface area contributed by atoms with Gasteiger partial charge in [0, 0.05) is 17.9 Å². The van der Waals surface area contributed by atoms with E-state index in [0.29, 0.717) is 24.6 Å². The Balaban J connectivity index is 2.16. The molecule has 0 spiro atoms. The molecular weight excluding hydrogens is 340 g/mol. The first kappa shape index (κ1) is 20.5. The third-order valence-electron chi connectivity index (χ3n) is 4.10. The van der Waals surface area contributed by atoms with E-state index < -0.39 is 11.9 Å². The standard InChI is InChI=1S/C21H28N4O2/c1-15(2)11-19(22)21(27)24-17-9-6-10-18(12-17)25(14-20(23)26)13-16-7-4-3-5-8-16/h3-10,12,15,19H,11,13-14,22H2,1-2H3,(H2,23,26)(H,24,27)/t19-/m0/s1. The first-order valence-corrected chi connectivity index (χ1v) is 9.09. The van der Waals surface area contributed by atoms with E-state index in [4.69, 9.17) is 11.5 Å². The van der Waals surface area contributed by atoms with Crippen LogP contribution in [0, 0.1) is 5.92 Å². The molecule has 1 atom stereocenters. The van der Waals surface area contributed by atoms with Gasteiger partial charge in [0.2, 0.25) is 11.8 Å². The van der Waals surface area contributed by atoms with Gasteiger partial charge >= 0.3 is 0 Å². The molecule has 0 saturated heterocycles. The third kappa shape index (κ3) is 6.75. The average molecular weight is 368 g/mol. The summed E-state index contributed by atoms with van der Waals surface area (Å²) in [5, 5.41) is 2.85. The predicted molar refractivity (Wildman–Crippen MR) is 109 cm³/mol. The lowest BCUT2D eigenvalue weighted by Crippen LogP contribution is -2.36. The molecule has 0 saturated carbocycles. The maximum absolute atomic E-state index is 12.3. The summed E-state index contributed by atoms with van der Waals surface area (Å²) in [6.07, 6.45) is 0.618. The monoisotopic (exact) mass is 368 g/mol. The lowest BCUT2D eigenvalue weighted by Gasteiger charge is -2.24. The number of amides is 2. The van der Waals surface area contributed by atoms with Crippen molar-refractivity contribution in [3.63, 3.8) is 0 Å². The van der Waals surface area contributed by atoms with Gasteiger partial charge in [-0.1, -0.05) is 50.2 Å². The fourth-order valence-electron chi connectivity index (χ4n) is 2.86. The van der Waals surface area contributed by atoms with Gasteiger partial charge in [-0.15, -0.1) is 0 Å². The van der Waals surface area contributed by atoms with Gasteiger partial charge in [0.1, 0.15) is 0 Å². The largest absolute Gasteiger partial charge is 0.368 e. The van der Waals surface area contributed by atoms with Crippen molar-refractivity contribution >= 4 is 23.2 Å². The van der Waals surface area contributed by atoms with Gasteiger partial charge in [0.05, 0.1) is 12.6 Å². The Morgan fingerprint density at radius 3 is 2.41 bits per heavy atom. The Hall–Kier alpha value is -2.86. The molecule has 5 N–H and O–H groups in total. The van der Waals surface area contributed by atoms with Gasteiger partial charge in [0.25, 0.3) is 0 Å². The molecule has 2 amide bonds. The summed E-state index contributed by atoms with van der Waals surface area (Å²) in [6, 6.07) is 16.6. The summed E-state index contributed by atoms with van der Waals surface area (Å²) in [6.45, 7) is 4.67. The maximum atomic E-state index is 12.3. The molecule has 2 aromatic carbocycles. The summed E-state index contributed by atoms with van der Waals surface area (Å²) in [5.74, 6) is -0.293. The van der Waals surface area contributed by atoms with E-state index in [-0.39, 0.29) is 12.5 Å². The highest BCUT2D eigenvalue weighted by Crippen LogP contribution is 2.22. The van der Waals surface area contributed by atoms with Crippen LogP contribution in [0.3, 0.4) is 0 Å². The molecule has 0 heterocycles. The van der Waals surface area contributed by atoms with Gasteiger partial charge in [-0.25, -0.2) is 0 Å². The number of anilines is 2. The topological polar surface area (TPSA) is 101 Å². The average Bonchev–Trinajstić information content (AvgIpc) is 2.61. The number of benzene rings is 2. The van der Waals surface area contributed by atoms with E-state index in [9.17, 15) is 9.59 Å². The Labute approximate surface area is 160 Å². The fourth-order valence-corrected chi connectivity index (χ4v) is 2.86. The molecule has 2 rings (SSSR count). The van der Waals surface area contributed by atoms with E-state index >= 15 is 0 Å². The smallest absolute Gasteiger partial charge is 0.241 e. The number of carbonyl (C=O) groups is 2. The van der Waals surface area contributed by atoms with Crippen LogP contribution in [0.4, 0.5) is 11.4 Å². The van der Waals surface area contributed by atoms with Crippen LogP contribution in [0.5, 0.6) is 0 Å². The third-order valence-corrected chi connectivity index (χ3v) is 4.10. The Morgan fingerprint density at radius 2 is 1.78 bits per heavy atom. The Kier molecular flexibility index (Phi) is 7.37. The van der Waals surface area contributed by atoms with E-state index in [1.165, 1.54) is 0 Å². The number of nitrogens with one attached hydrogen (secondary N) is 1. The number of hydrogen-bond acceptors (Lipinski definition) is 4. The van der Waals surface area contributed by atoms with Crippen LogP contribution in [0.1, 0.15) is 25.8 Å². The minimum atomic E-state index is -0.556. The van der Waals surface area contributed by atoms with Crippen molar-refractivity contribution in [2.45, 2.75) is 32.9 Å². The van der Waals surface area contributed by atoms with Gasteiger partial charge in [0.15, 0.2) is 0 Å². The first-order chi connectivity index (χ1) is 12.8. The molecular formula is C21H28N4O2. The van der Waals surface area contributed by atoms with Crippen molar-refractivity contribution in [3.05, 3.63) is 60.2 Å². The highest BCUT2D eigenvalue weighted by Gasteiger charge is 2.16. The number of carbonyl (C=O) groups excluding carboxylic acids is 2. The van der Waals surface area contributed by atoms with Crippen LogP contribution in [-0.2, 0) is 16.1 Å². The lowest BCUT2D eigenvalue weighted by atomic mass is 10.0. The highest BCUT2D eigenvalue weighted by molar-refractivity contribution is 5.95. The van der Waals surface area contributed by atoms with Crippen LogP contribution in [0.25, 0.3) is 0 Å². The summed E-state index contributed by atoms with van der Waals surface area (Å²) in [7, 11) is 0. The van der Waals surface area contributed by atoms with Crippen LogP contribution in [-0.4, -0.2) is 24.4 Å². The Morgan fingerprint density at radius 1 is 1.07 bits per heavy atom. The highest BCUT2D eigenvalue weighted by atomic mass is 16.2. The summed E-state index contributed by atoms with van der Waals surface area (Å²) in [5.41, 5.74) is 13.9. The first-order valence-electron chi connectivity index (χ1n) is 9.09. The van der Waals surface area contributed by atoms with Crippen LogP contribution < -0.4 is 21.7 Å². The molecule has 27 heavy (non-hydrogen) atoms. The number of primary amides is 1. The maximum Gasteiger partial charge on any atom is 0.241 e. The number of hydrogen-bond donors (Lipinski definition) is 3. The zero-order valence-corrected chi connectivity index (χ0v) is 15.9. The number of nitrogens with zero attached hydrogens (tertiary/aromatic N) is 1. The number of nitrogens with two attached hydrogens (primary N) is 2. The zero-order valence-electron chi connectivity index (χ0n) is 15.9. The molecule has 0 aliphatic carbocycles. The van der Waals surface area contributed by atoms with Crippen molar-refractivity contribution in [1.29, 1.82) is 0 Å². The lowest BCUT2D eigenvalue weighted by molar-refractivity contribution is -0.118. The molecule has 0 unspecified atom stereocenters. The number of rotatable bonds is 9. The summed E-state index contributed by atoms with van der Waals surface area (Å²) >= 11 is 0. The van der Waals surface area contributed by atoms with Gasteiger partial charge in [-0.05, 0) is 36.1 Å². The molecule has 144 valence electrons. The van der Waals surface area contributed by atoms with E-state index in [0.717, 1.165) is 11.3 Å². The van der Waals surface area contributed by atoms with E-state index in [2.05, 4.69) is 5.32 Å². The molecule has 0 aliphatic heterocycles. The van der Waals surface area contributed by atoms with Gasteiger partial charge in [-0.2, -0.15) is 0 Å². The fraction of sp³-hybridized carbons (Fsp3) is 0.333. The molecule has 0 aliphatic rings. The van der Waals surface area contributed by atoms with Crippen molar-refractivity contribution in [1.82, 2.24) is 0 Å². The van der Waals surface area contributed by atoms with E-state index in [1.807, 2.05) is 67.3 Å².